The molecule has 1 aliphatic heterocycles. The number of likely N-dealkylation sites (tertiary alicyclic amines) is 1. The van der Waals surface area contributed by atoms with Gasteiger partial charge in [-0.3, -0.25) is 24.1 Å². The van der Waals surface area contributed by atoms with Gasteiger partial charge in [0.05, 0.1) is 0 Å². The fourth-order valence-electron chi connectivity index (χ4n) is 1.72. The van der Waals surface area contributed by atoms with E-state index < -0.39 is 0 Å². The summed E-state index contributed by atoms with van der Waals surface area (Å²) in [6.07, 6.45) is 0.655. The van der Waals surface area contributed by atoms with E-state index in [0.29, 0.717) is 6.42 Å². The molecule has 1 fully saturated rings. The molecule has 0 bridgehead atoms. The molecule has 7 heteroatoms. The van der Waals surface area contributed by atoms with Gasteiger partial charge in [0.25, 0.3) is 0 Å². The minimum absolute atomic E-state index is 0.0221. The van der Waals surface area contributed by atoms with Gasteiger partial charge in [0.15, 0.2) is 0 Å². The number of nitrogens with one attached hydrogen (secondary N) is 1. The first-order valence-corrected chi connectivity index (χ1v) is 6.83. The minimum Gasteiger partial charge on any atom is -0.359 e. The molecule has 7 nitrogen and oxygen atoms in total. The van der Waals surface area contributed by atoms with Gasteiger partial charge in [-0.25, -0.2) is 0 Å². The fraction of sp³-hybridized carbons (Fsp3) is 0.714. The largest absolute Gasteiger partial charge is 0.359 e. The molecule has 0 saturated carbocycles. The molecular formula is C14H25N3O4. The number of carbonyl (C=O) groups excluding carboxylic acids is 4. The van der Waals surface area contributed by atoms with E-state index >= 15 is 0 Å². The summed E-state index contributed by atoms with van der Waals surface area (Å²) in [5.41, 5.74) is 0. The van der Waals surface area contributed by atoms with E-state index in [2.05, 4.69) is 5.32 Å². The average molecular weight is 299 g/mol. The lowest BCUT2D eigenvalue weighted by Gasteiger charge is -2.13. The molecule has 21 heavy (non-hydrogen) atoms. The van der Waals surface area contributed by atoms with Gasteiger partial charge in [-0.05, 0) is 0 Å². The molecule has 0 aromatic heterocycles. The summed E-state index contributed by atoms with van der Waals surface area (Å²) in [4.78, 5) is 46.3. The Morgan fingerprint density at radius 1 is 1.38 bits per heavy atom. The molecule has 4 amide bonds. The quantitative estimate of drug-likeness (QED) is 0.735. The van der Waals surface area contributed by atoms with Gasteiger partial charge in [0.2, 0.25) is 23.6 Å². The zero-order chi connectivity index (χ0) is 16.7. The van der Waals surface area contributed by atoms with Crippen LogP contribution in [-0.2, 0) is 19.2 Å². The average Bonchev–Trinajstić information content (AvgIpc) is 2.64. The number of hydrogen-bond donors (Lipinski definition) is 1. The summed E-state index contributed by atoms with van der Waals surface area (Å²) < 4.78 is 0. The lowest BCUT2D eigenvalue weighted by Crippen LogP contribution is -2.31. The van der Waals surface area contributed by atoms with Crippen molar-refractivity contribution in [3.63, 3.8) is 0 Å². The van der Waals surface area contributed by atoms with Crippen LogP contribution in [0.4, 0.5) is 0 Å². The van der Waals surface area contributed by atoms with Gasteiger partial charge in [0, 0.05) is 52.9 Å². The van der Waals surface area contributed by atoms with Crippen LogP contribution in [0.15, 0.2) is 0 Å². The molecule has 0 aliphatic carbocycles. The molecule has 120 valence electrons. The number of hydrogen-bond acceptors (Lipinski definition) is 4. The van der Waals surface area contributed by atoms with Crippen LogP contribution in [-0.4, -0.2) is 61.6 Å². The van der Waals surface area contributed by atoms with Gasteiger partial charge in [0.1, 0.15) is 0 Å². The first-order valence-electron chi connectivity index (χ1n) is 6.83. The molecule has 2 unspecified atom stereocenters. The highest BCUT2D eigenvalue weighted by Gasteiger charge is 2.32. The molecule has 0 spiro atoms. The Bertz CT molecular complexity index is 420. The highest BCUT2D eigenvalue weighted by Crippen LogP contribution is 2.15. The summed E-state index contributed by atoms with van der Waals surface area (Å²) >= 11 is 0. The van der Waals surface area contributed by atoms with E-state index in [1.165, 1.54) is 16.8 Å². The maximum absolute atomic E-state index is 11.1. The van der Waals surface area contributed by atoms with Crippen LogP contribution in [0.5, 0.6) is 0 Å². The highest BCUT2D eigenvalue weighted by molar-refractivity contribution is 6.02. The zero-order valence-corrected chi connectivity index (χ0v) is 13.6. The van der Waals surface area contributed by atoms with Gasteiger partial charge in [-0.1, -0.05) is 13.8 Å². The van der Waals surface area contributed by atoms with Crippen molar-refractivity contribution < 1.29 is 19.2 Å². The summed E-state index contributed by atoms with van der Waals surface area (Å²) in [7, 11) is 6.45. The Morgan fingerprint density at radius 3 is 2.14 bits per heavy atom. The van der Waals surface area contributed by atoms with Crippen molar-refractivity contribution in [1.82, 2.24) is 15.1 Å². The van der Waals surface area contributed by atoms with Crippen molar-refractivity contribution in [3.05, 3.63) is 0 Å². The normalized spacial score (nSPS) is 18.8. The van der Waals surface area contributed by atoms with Crippen LogP contribution in [0.1, 0.15) is 26.7 Å². The Balaban J connectivity index is 0.000000394. The van der Waals surface area contributed by atoms with Gasteiger partial charge < -0.3 is 10.2 Å². The Hall–Kier alpha value is -1.92. The summed E-state index contributed by atoms with van der Waals surface area (Å²) in [6, 6.07) is 0. The second-order valence-corrected chi connectivity index (χ2v) is 5.40. The number of nitrogens with zero attached hydrogens (tertiary/aromatic N) is 2. The van der Waals surface area contributed by atoms with Crippen molar-refractivity contribution >= 4 is 23.6 Å². The minimum atomic E-state index is -0.245. The third kappa shape index (κ3) is 5.93. The van der Waals surface area contributed by atoms with Crippen LogP contribution in [0.25, 0.3) is 0 Å². The Morgan fingerprint density at radius 2 is 1.90 bits per heavy atom. The third-order valence-electron chi connectivity index (χ3n) is 3.28. The SMILES string of the molecule is CC1CC(=O)N(C)C1=O.CNC(=O)C(C)CC(=O)N(C)C. The Labute approximate surface area is 125 Å². The van der Waals surface area contributed by atoms with Crippen molar-refractivity contribution in [2.24, 2.45) is 11.8 Å². The maximum Gasteiger partial charge on any atom is 0.232 e. The fourth-order valence-corrected chi connectivity index (χ4v) is 1.72. The lowest BCUT2D eigenvalue weighted by molar-refractivity contribution is -0.137. The molecular weight excluding hydrogens is 274 g/mol. The number of imide groups is 1. The number of rotatable bonds is 3. The molecule has 1 saturated heterocycles. The van der Waals surface area contributed by atoms with Gasteiger partial charge >= 0.3 is 0 Å². The predicted molar refractivity (Wildman–Crippen MR) is 78.1 cm³/mol. The molecule has 1 N–H and O–H groups in total. The van der Waals surface area contributed by atoms with Crippen LogP contribution >= 0.6 is 0 Å². The number of carbonyl (C=O) groups is 4. The first kappa shape index (κ1) is 19.1. The predicted octanol–water partition coefficient (Wildman–Crippen LogP) is -0.142. The van der Waals surface area contributed by atoms with Crippen LogP contribution < -0.4 is 5.32 Å². The van der Waals surface area contributed by atoms with E-state index in [4.69, 9.17) is 0 Å². The van der Waals surface area contributed by atoms with Crippen LogP contribution in [0.3, 0.4) is 0 Å². The van der Waals surface area contributed by atoms with Crippen LogP contribution in [0, 0.1) is 11.8 Å². The number of amides is 4. The van der Waals surface area contributed by atoms with E-state index in [-0.39, 0.29) is 41.9 Å². The first-order chi connectivity index (χ1) is 9.61. The summed E-state index contributed by atoms with van der Waals surface area (Å²) in [5, 5.41) is 2.50. The second-order valence-electron chi connectivity index (χ2n) is 5.40. The van der Waals surface area contributed by atoms with E-state index in [1.807, 2.05) is 0 Å². The summed E-state index contributed by atoms with van der Waals surface area (Å²) in [6.45, 7) is 3.50. The standard InChI is InChI=1S/C8H16N2O2.C6H9NO2/c1-6(8(12)9-2)5-7(11)10(3)4;1-4-3-5(8)7(2)6(4)9/h6H,5H2,1-4H3,(H,9,12);4H,3H2,1-2H3. The third-order valence-corrected chi connectivity index (χ3v) is 3.28. The zero-order valence-electron chi connectivity index (χ0n) is 13.6. The Kier molecular flexibility index (Phi) is 7.62. The smallest absolute Gasteiger partial charge is 0.232 e. The summed E-state index contributed by atoms with van der Waals surface area (Å²) in [5.74, 6) is -0.573. The van der Waals surface area contributed by atoms with Crippen molar-refractivity contribution in [1.29, 1.82) is 0 Å². The molecule has 0 radical (unpaired) electrons. The molecule has 1 heterocycles. The molecule has 1 aliphatic rings. The van der Waals surface area contributed by atoms with E-state index in [0.717, 1.165) is 0 Å². The van der Waals surface area contributed by atoms with Gasteiger partial charge in [-0.15, -0.1) is 0 Å². The maximum atomic E-state index is 11.1. The van der Waals surface area contributed by atoms with Crippen molar-refractivity contribution in [2.45, 2.75) is 26.7 Å². The molecule has 0 aromatic carbocycles. The topological polar surface area (TPSA) is 86.8 Å². The lowest BCUT2D eigenvalue weighted by atomic mass is 10.1. The monoisotopic (exact) mass is 299 g/mol. The van der Waals surface area contributed by atoms with Crippen LogP contribution in [0.2, 0.25) is 0 Å². The van der Waals surface area contributed by atoms with E-state index in [1.54, 1.807) is 35.0 Å². The van der Waals surface area contributed by atoms with E-state index in [9.17, 15) is 19.2 Å². The van der Waals surface area contributed by atoms with Gasteiger partial charge in [-0.2, -0.15) is 0 Å². The molecule has 0 aromatic rings. The molecule has 2 atom stereocenters. The highest BCUT2D eigenvalue weighted by atomic mass is 16.2. The second kappa shape index (κ2) is 8.39. The molecule has 1 rings (SSSR count). The van der Waals surface area contributed by atoms with Crippen molar-refractivity contribution in [2.75, 3.05) is 28.2 Å². The van der Waals surface area contributed by atoms with Crippen molar-refractivity contribution in [3.8, 4) is 0 Å².